The summed E-state index contributed by atoms with van der Waals surface area (Å²) in [6.45, 7) is 3.29. The number of hydrogen-bond acceptors (Lipinski definition) is 2. The van der Waals surface area contributed by atoms with Gasteiger partial charge in [-0.15, -0.1) is 17.0 Å². The molecule has 3 nitrogen and oxygen atoms in total. The van der Waals surface area contributed by atoms with Crippen LogP contribution in [0.1, 0.15) is 102 Å². The van der Waals surface area contributed by atoms with Gasteiger partial charge in [-0.25, -0.2) is 0 Å². The van der Waals surface area contributed by atoms with Gasteiger partial charge in [-0.05, 0) is 26.1 Å². The fourth-order valence-corrected chi connectivity index (χ4v) is 3.24. The minimum absolute atomic E-state index is 0. The van der Waals surface area contributed by atoms with Gasteiger partial charge in [-0.1, -0.05) is 114 Å². The van der Waals surface area contributed by atoms with E-state index in [9.17, 15) is 4.79 Å². The summed E-state index contributed by atoms with van der Waals surface area (Å²) in [4.78, 5) is 12.5. The highest BCUT2D eigenvalue weighted by molar-refractivity contribution is 8.93. The van der Waals surface area contributed by atoms with Crippen LogP contribution >= 0.6 is 17.0 Å². The molecule has 0 radical (unpaired) electrons. The molecular weight excluding hydrogens is 426 g/mol. The average Bonchev–Trinajstić information content (AvgIpc) is 2.66. The molecule has 1 rings (SSSR count). The number of aliphatic carboxylic acids is 1. The quantitative estimate of drug-likeness (QED) is 0.249. The van der Waals surface area contributed by atoms with Crippen LogP contribution in [0.15, 0.2) is 30.3 Å². The molecule has 0 amide bonds. The third-order valence-electron chi connectivity index (χ3n) is 4.84. The molecule has 0 aliphatic heterocycles. The number of carboxylic acids is 1. The van der Waals surface area contributed by atoms with Gasteiger partial charge in [0.1, 0.15) is 0 Å². The number of carbonyl (C=O) groups is 1. The van der Waals surface area contributed by atoms with Gasteiger partial charge >= 0.3 is 5.97 Å². The summed E-state index contributed by atoms with van der Waals surface area (Å²) >= 11 is 0. The maximum atomic E-state index is 10.3. The van der Waals surface area contributed by atoms with E-state index in [1.165, 1.54) is 76.2 Å². The second-order valence-corrected chi connectivity index (χ2v) is 8.11. The molecule has 0 fully saturated rings. The van der Waals surface area contributed by atoms with Crippen molar-refractivity contribution < 1.29 is 9.90 Å². The topological polar surface area (TPSA) is 40.5 Å². The van der Waals surface area contributed by atoms with E-state index in [1.54, 1.807) is 0 Å². The minimum atomic E-state index is -0.655. The number of unbranched alkanes of at least 4 members (excludes halogenated alkanes) is 12. The number of nitrogens with zero attached hydrogens (tertiary/aromatic N) is 1. The van der Waals surface area contributed by atoms with Gasteiger partial charge in [0.25, 0.3) is 0 Å². The van der Waals surface area contributed by atoms with Crippen LogP contribution in [0.4, 0.5) is 0 Å². The lowest BCUT2D eigenvalue weighted by Crippen LogP contribution is -2.10. The van der Waals surface area contributed by atoms with Crippen molar-refractivity contribution in [3.63, 3.8) is 0 Å². The Hall–Kier alpha value is -0.870. The maximum Gasteiger partial charge on any atom is 0.303 e. The molecule has 170 valence electrons. The highest BCUT2D eigenvalue weighted by Gasteiger charge is 1.97. The molecule has 0 aromatic heterocycles. The van der Waals surface area contributed by atoms with Crippen molar-refractivity contribution in [2.75, 3.05) is 14.1 Å². The summed E-state index contributed by atoms with van der Waals surface area (Å²) in [6.07, 6.45) is 17.3. The van der Waals surface area contributed by atoms with Crippen LogP contribution in [0, 0.1) is 0 Å². The zero-order valence-corrected chi connectivity index (χ0v) is 20.9. The molecule has 0 atom stereocenters. The Morgan fingerprint density at radius 1 is 0.759 bits per heavy atom. The van der Waals surface area contributed by atoms with Gasteiger partial charge in [0, 0.05) is 13.0 Å². The monoisotopic (exact) mass is 471 g/mol. The highest BCUT2D eigenvalue weighted by Crippen LogP contribution is 2.12. The third kappa shape index (κ3) is 25.1. The number of halogens is 1. The van der Waals surface area contributed by atoms with Gasteiger partial charge < -0.3 is 10.0 Å². The Morgan fingerprint density at radius 2 is 1.17 bits per heavy atom. The largest absolute Gasteiger partial charge is 0.481 e. The van der Waals surface area contributed by atoms with Crippen molar-refractivity contribution in [2.45, 2.75) is 103 Å². The first-order chi connectivity index (χ1) is 13.6. The molecule has 0 bridgehead atoms. The van der Waals surface area contributed by atoms with E-state index in [-0.39, 0.29) is 17.0 Å². The second kappa shape index (κ2) is 23.4. The number of carboxylic acid groups (broad SMARTS) is 1. The SMILES string of the molecule is Br.CCCCCCCCCCCCCCCC(=O)O.CN(C)Cc1ccccc1. The Balaban J connectivity index is 0. The van der Waals surface area contributed by atoms with E-state index < -0.39 is 5.97 Å². The molecule has 0 aliphatic rings. The number of hydrogen-bond donors (Lipinski definition) is 1. The van der Waals surface area contributed by atoms with E-state index in [1.807, 2.05) is 6.07 Å². The van der Waals surface area contributed by atoms with Crippen LogP contribution in [0.5, 0.6) is 0 Å². The normalized spacial score (nSPS) is 10.2. The van der Waals surface area contributed by atoms with Crippen molar-refractivity contribution in [1.82, 2.24) is 4.90 Å². The maximum absolute atomic E-state index is 10.3. The highest BCUT2D eigenvalue weighted by atomic mass is 79.9. The molecule has 0 unspecified atom stereocenters. The molecule has 29 heavy (non-hydrogen) atoms. The lowest BCUT2D eigenvalue weighted by Gasteiger charge is -2.08. The first kappa shape index (κ1) is 30.3. The fourth-order valence-electron chi connectivity index (χ4n) is 3.24. The Morgan fingerprint density at radius 3 is 1.55 bits per heavy atom. The minimum Gasteiger partial charge on any atom is -0.481 e. The van der Waals surface area contributed by atoms with Crippen molar-refractivity contribution in [3.8, 4) is 0 Å². The van der Waals surface area contributed by atoms with Crippen LogP contribution in [0.2, 0.25) is 0 Å². The lowest BCUT2D eigenvalue weighted by atomic mass is 10.0. The first-order valence-corrected chi connectivity index (χ1v) is 11.5. The third-order valence-corrected chi connectivity index (χ3v) is 4.84. The summed E-state index contributed by atoms with van der Waals surface area (Å²) in [6, 6.07) is 10.5. The molecule has 4 heteroatoms. The lowest BCUT2D eigenvalue weighted by molar-refractivity contribution is -0.137. The van der Waals surface area contributed by atoms with E-state index >= 15 is 0 Å². The van der Waals surface area contributed by atoms with Crippen molar-refractivity contribution in [3.05, 3.63) is 35.9 Å². The molecule has 1 aromatic rings. The van der Waals surface area contributed by atoms with Crippen molar-refractivity contribution in [1.29, 1.82) is 0 Å². The van der Waals surface area contributed by atoms with Crippen LogP contribution < -0.4 is 0 Å². The zero-order chi connectivity index (χ0) is 20.9. The average molecular weight is 473 g/mol. The van der Waals surface area contributed by atoms with Crippen LogP contribution in [-0.4, -0.2) is 30.1 Å². The predicted molar refractivity (Wildman–Crippen MR) is 132 cm³/mol. The van der Waals surface area contributed by atoms with E-state index in [0.717, 1.165) is 19.4 Å². The van der Waals surface area contributed by atoms with Gasteiger partial charge in [0.2, 0.25) is 0 Å². The summed E-state index contributed by atoms with van der Waals surface area (Å²) in [5.41, 5.74) is 1.37. The van der Waals surface area contributed by atoms with Crippen LogP contribution in [-0.2, 0) is 11.3 Å². The summed E-state index contributed by atoms with van der Waals surface area (Å²) < 4.78 is 0. The van der Waals surface area contributed by atoms with Crippen molar-refractivity contribution in [2.24, 2.45) is 0 Å². The molecule has 1 aromatic carbocycles. The smallest absolute Gasteiger partial charge is 0.303 e. The summed E-state index contributed by atoms with van der Waals surface area (Å²) in [5, 5.41) is 8.49. The molecule has 0 aliphatic carbocycles. The van der Waals surface area contributed by atoms with Crippen molar-refractivity contribution >= 4 is 23.0 Å². The van der Waals surface area contributed by atoms with Crippen LogP contribution in [0.25, 0.3) is 0 Å². The van der Waals surface area contributed by atoms with Crippen LogP contribution in [0.3, 0.4) is 0 Å². The molecule has 0 heterocycles. The molecule has 0 saturated heterocycles. The molecule has 0 saturated carbocycles. The van der Waals surface area contributed by atoms with Gasteiger partial charge in [0.15, 0.2) is 0 Å². The first-order valence-electron chi connectivity index (χ1n) is 11.5. The number of rotatable bonds is 16. The Bertz CT molecular complexity index is 451. The standard InChI is InChI=1S/C16H32O2.C9H13N.BrH/c1-2-3-4-5-6-7-8-9-10-11-12-13-14-15-16(17)18;1-10(2)8-9-6-4-3-5-7-9;/h2-15H2,1H3,(H,17,18);3-7H,8H2,1-2H3;1H. The van der Waals surface area contributed by atoms with E-state index in [4.69, 9.17) is 5.11 Å². The second-order valence-electron chi connectivity index (χ2n) is 8.11. The number of benzene rings is 1. The van der Waals surface area contributed by atoms with Gasteiger partial charge in [-0.3, -0.25) is 4.79 Å². The van der Waals surface area contributed by atoms with E-state index in [0.29, 0.717) is 6.42 Å². The molecule has 1 N–H and O–H groups in total. The Labute approximate surface area is 191 Å². The summed E-state index contributed by atoms with van der Waals surface area (Å²) in [5.74, 6) is -0.655. The van der Waals surface area contributed by atoms with E-state index in [2.05, 4.69) is 50.2 Å². The van der Waals surface area contributed by atoms with Gasteiger partial charge in [-0.2, -0.15) is 0 Å². The van der Waals surface area contributed by atoms with Gasteiger partial charge in [0.05, 0.1) is 0 Å². The molecule has 0 spiro atoms. The molecular formula is C25H46BrNO2. The zero-order valence-electron chi connectivity index (χ0n) is 19.2. The fraction of sp³-hybridized carbons (Fsp3) is 0.720. The Kier molecular flexibility index (Phi) is 24.5. The predicted octanol–water partition coefficient (Wildman–Crippen LogP) is 7.88. The summed E-state index contributed by atoms with van der Waals surface area (Å²) in [7, 11) is 4.15.